The predicted molar refractivity (Wildman–Crippen MR) is 70.7 cm³/mol. The number of hydrogen-bond donors (Lipinski definition) is 1. The number of rotatable bonds is 3. The molecule has 88 valence electrons. The average molecular weight is 227 g/mol. The zero-order chi connectivity index (χ0) is 12.4. The highest BCUT2D eigenvalue weighted by atomic mass is 16.1. The monoisotopic (exact) mass is 227 g/mol. The summed E-state index contributed by atoms with van der Waals surface area (Å²) in [7, 11) is 0. The lowest BCUT2D eigenvalue weighted by molar-refractivity contribution is -0.120. The van der Waals surface area contributed by atoms with E-state index in [1.165, 1.54) is 0 Å². The van der Waals surface area contributed by atoms with Crippen LogP contribution < -0.4 is 5.73 Å². The first-order valence-electron chi connectivity index (χ1n) is 5.88. The van der Waals surface area contributed by atoms with Gasteiger partial charge in [0.25, 0.3) is 0 Å². The summed E-state index contributed by atoms with van der Waals surface area (Å²) < 4.78 is 0. The number of carbonyl (C=O) groups is 1. The Hall–Kier alpha value is -1.83. The smallest absolute Gasteiger partial charge is 0.225 e. The van der Waals surface area contributed by atoms with Gasteiger partial charge >= 0.3 is 0 Å². The first-order valence-corrected chi connectivity index (χ1v) is 5.88. The molecule has 2 heteroatoms. The van der Waals surface area contributed by atoms with Crippen LogP contribution in [-0.2, 0) is 4.79 Å². The molecular formula is C15H17NO. The van der Waals surface area contributed by atoms with Crippen molar-refractivity contribution in [1.82, 2.24) is 0 Å². The molecule has 0 fully saturated rings. The second-order valence-corrected chi connectivity index (χ2v) is 4.69. The van der Waals surface area contributed by atoms with Gasteiger partial charge in [-0.1, -0.05) is 56.3 Å². The number of primary amides is 1. The van der Waals surface area contributed by atoms with Crippen LogP contribution in [0.15, 0.2) is 42.5 Å². The molecule has 0 saturated heterocycles. The Morgan fingerprint density at radius 3 is 2.35 bits per heavy atom. The fraction of sp³-hybridized carbons (Fsp3) is 0.267. The molecule has 0 aliphatic heterocycles. The van der Waals surface area contributed by atoms with E-state index in [2.05, 4.69) is 12.1 Å². The molecule has 0 spiro atoms. The van der Waals surface area contributed by atoms with E-state index < -0.39 is 0 Å². The lowest BCUT2D eigenvalue weighted by Crippen LogP contribution is -2.25. The molecule has 2 aromatic carbocycles. The predicted octanol–water partition coefficient (Wildman–Crippen LogP) is 3.06. The Labute approximate surface area is 101 Å². The summed E-state index contributed by atoms with van der Waals surface area (Å²) in [5, 5.41) is 2.27. The standard InChI is InChI=1S/C15H17NO/c1-10(2)14(15(16)17)13-9-5-7-11-6-3-4-8-12(11)13/h3-10,14H,1-2H3,(H2,16,17). The van der Waals surface area contributed by atoms with Crippen molar-refractivity contribution in [2.45, 2.75) is 19.8 Å². The molecule has 1 amide bonds. The molecule has 1 unspecified atom stereocenters. The molecule has 0 aliphatic rings. The first kappa shape index (κ1) is 11.6. The number of fused-ring (bicyclic) bond motifs is 1. The van der Waals surface area contributed by atoms with E-state index in [-0.39, 0.29) is 17.7 Å². The fourth-order valence-corrected chi connectivity index (χ4v) is 2.36. The summed E-state index contributed by atoms with van der Waals surface area (Å²) in [6.07, 6.45) is 0. The highest BCUT2D eigenvalue weighted by Gasteiger charge is 2.23. The summed E-state index contributed by atoms with van der Waals surface area (Å²) in [6, 6.07) is 14.1. The molecule has 0 saturated carbocycles. The van der Waals surface area contributed by atoms with E-state index in [9.17, 15) is 4.79 Å². The lowest BCUT2D eigenvalue weighted by atomic mass is 9.85. The van der Waals surface area contributed by atoms with Gasteiger partial charge in [0.1, 0.15) is 0 Å². The number of nitrogens with two attached hydrogens (primary N) is 1. The van der Waals surface area contributed by atoms with E-state index in [0.29, 0.717) is 0 Å². The van der Waals surface area contributed by atoms with E-state index in [1.807, 2.05) is 44.2 Å². The molecule has 2 rings (SSSR count). The Morgan fingerprint density at radius 2 is 1.71 bits per heavy atom. The third kappa shape index (κ3) is 2.16. The van der Waals surface area contributed by atoms with Crippen molar-refractivity contribution in [3.63, 3.8) is 0 Å². The van der Waals surface area contributed by atoms with Gasteiger partial charge in [0.15, 0.2) is 0 Å². The number of carbonyl (C=O) groups excluding carboxylic acids is 1. The highest BCUT2D eigenvalue weighted by molar-refractivity contribution is 5.92. The summed E-state index contributed by atoms with van der Waals surface area (Å²) in [6.45, 7) is 4.05. The van der Waals surface area contributed by atoms with Gasteiger partial charge in [0.05, 0.1) is 5.92 Å². The topological polar surface area (TPSA) is 43.1 Å². The minimum atomic E-state index is -0.253. The molecule has 1 atom stereocenters. The molecule has 2 N–H and O–H groups in total. The van der Waals surface area contributed by atoms with Crippen molar-refractivity contribution in [1.29, 1.82) is 0 Å². The van der Waals surface area contributed by atoms with Crippen molar-refractivity contribution in [2.75, 3.05) is 0 Å². The summed E-state index contributed by atoms with van der Waals surface area (Å²) in [5.74, 6) is -0.268. The molecule has 0 aliphatic carbocycles. The number of amides is 1. The van der Waals surface area contributed by atoms with Gasteiger partial charge in [-0.05, 0) is 22.3 Å². The Balaban J connectivity index is 2.65. The fourth-order valence-electron chi connectivity index (χ4n) is 2.36. The molecule has 0 radical (unpaired) electrons. The zero-order valence-corrected chi connectivity index (χ0v) is 10.2. The van der Waals surface area contributed by atoms with E-state index >= 15 is 0 Å². The SMILES string of the molecule is CC(C)C(C(N)=O)c1cccc2ccccc12. The summed E-state index contributed by atoms with van der Waals surface area (Å²) in [5.41, 5.74) is 6.55. The van der Waals surface area contributed by atoms with Crippen LogP contribution in [0.3, 0.4) is 0 Å². The highest BCUT2D eigenvalue weighted by Crippen LogP contribution is 2.30. The maximum atomic E-state index is 11.6. The van der Waals surface area contributed by atoms with Crippen LogP contribution >= 0.6 is 0 Å². The molecule has 2 nitrogen and oxygen atoms in total. The van der Waals surface area contributed by atoms with Crippen LogP contribution in [0.25, 0.3) is 10.8 Å². The van der Waals surface area contributed by atoms with Crippen LogP contribution in [0.5, 0.6) is 0 Å². The van der Waals surface area contributed by atoms with Crippen LogP contribution in [0, 0.1) is 5.92 Å². The largest absolute Gasteiger partial charge is 0.369 e. The molecule has 2 aromatic rings. The van der Waals surface area contributed by atoms with E-state index in [0.717, 1.165) is 16.3 Å². The van der Waals surface area contributed by atoms with E-state index in [1.54, 1.807) is 0 Å². The minimum absolute atomic E-state index is 0.207. The zero-order valence-electron chi connectivity index (χ0n) is 10.2. The van der Waals surface area contributed by atoms with Gasteiger partial charge in [0.2, 0.25) is 5.91 Å². The van der Waals surface area contributed by atoms with Crippen molar-refractivity contribution in [2.24, 2.45) is 11.7 Å². The average Bonchev–Trinajstić information content (AvgIpc) is 2.28. The molecule has 17 heavy (non-hydrogen) atoms. The normalized spacial score (nSPS) is 12.9. The number of benzene rings is 2. The Kier molecular flexibility index (Phi) is 3.14. The first-order chi connectivity index (χ1) is 8.11. The van der Waals surface area contributed by atoms with Crippen LogP contribution in [0.4, 0.5) is 0 Å². The maximum absolute atomic E-state index is 11.6. The van der Waals surface area contributed by atoms with Gasteiger partial charge in [-0.25, -0.2) is 0 Å². The van der Waals surface area contributed by atoms with Crippen LogP contribution in [0.1, 0.15) is 25.3 Å². The van der Waals surface area contributed by atoms with Gasteiger partial charge in [-0.3, -0.25) is 4.79 Å². The summed E-state index contributed by atoms with van der Waals surface area (Å²) in [4.78, 5) is 11.6. The molecule has 0 heterocycles. The Morgan fingerprint density at radius 1 is 1.06 bits per heavy atom. The van der Waals surface area contributed by atoms with Crippen molar-refractivity contribution in [3.05, 3.63) is 48.0 Å². The second kappa shape index (κ2) is 4.58. The third-order valence-corrected chi connectivity index (χ3v) is 3.13. The molecular weight excluding hydrogens is 210 g/mol. The van der Waals surface area contributed by atoms with Gasteiger partial charge in [-0.15, -0.1) is 0 Å². The minimum Gasteiger partial charge on any atom is -0.369 e. The van der Waals surface area contributed by atoms with E-state index in [4.69, 9.17) is 5.73 Å². The lowest BCUT2D eigenvalue weighted by Gasteiger charge is -2.19. The van der Waals surface area contributed by atoms with Crippen LogP contribution in [0.2, 0.25) is 0 Å². The molecule has 0 aromatic heterocycles. The number of hydrogen-bond acceptors (Lipinski definition) is 1. The van der Waals surface area contributed by atoms with Crippen molar-refractivity contribution >= 4 is 16.7 Å². The van der Waals surface area contributed by atoms with Crippen molar-refractivity contribution < 1.29 is 4.79 Å². The third-order valence-electron chi connectivity index (χ3n) is 3.13. The Bertz CT molecular complexity index is 540. The van der Waals surface area contributed by atoms with Crippen molar-refractivity contribution in [3.8, 4) is 0 Å². The summed E-state index contributed by atoms with van der Waals surface area (Å²) >= 11 is 0. The van der Waals surface area contributed by atoms with Gasteiger partial charge in [0, 0.05) is 0 Å². The molecule has 0 bridgehead atoms. The maximum Gasteiger partial charge on any atom is 0.225 e. The quantitative estimate of drug-likeness (QED) is 0.860. The van der Waals surface area contributed by atoms with Gasteiger partial charge in [-0.2, -0.15) is 0 Å². The van der Waals surface area contributed by atoms with Crippen LogP contribution in [-0.4, -0.2) is 5.91 Å². The van der Waals surface area contributed by atoms with Gasteiger partial charge < -0.3 is 5.73 Å². The second-order valence-electron chi connectivity index (χ2n) is 4.69.